The number of ketones is 1. The van der Waals surface area contributed by atoms with Crippen LogP contribution in [0.2, 0.25) is 0 Å². The van der Waals surface area contributed by atoms with Crippen molar-refractivity contribution in [2.24, 2.45) is 0 Å². The van der Waals surface area contributed by atoms with Gasteiger partial charge >= 0.3 is 12.0 Å². The Morgan fingerprint density at radius 3 is 2.53 bits per heavy atom. The van der Waals surface area contributed by atoms with Gasteiger partial charge in [-0.3, -0.25) is 19.3 Å². The first-order valence-corrected chi connectivity index (χ1v) is 9.95. The van der Waals surface area contributed by atoms with Crippen LogP contribution in [0.15, 0.2) is 18.2 Å². The second kappa shape index (κ2) is 9.15. The van der Waals surface area contributed by atoms with Crippen molar-refractivity contribution >= 4 is 23.7 Å². The van der Waals surface area contributed by atoms with Crippen molar-refractivity contribution in [2.45, 2.75) is 44.1 Å². The summed E-state index contributed by atoms with van der Waals surface area (Å²) in [6.07, 6.45) is 3.42. The molecule has 0 radical (unpaired) electrons. The molecular weight excluding hydrogens is 392 g/mol. The zero-order valence-corrected chi connectivity index (χ0v) is 17.2. The summed E-state index contributed by atoms with van der Waals surface area (Å²) in [5, 5.41) is 2.80. The number of urea groups is 1. The van der Waals surface area contributed by atoms with E-state index in [1.54, 1.807) is 18.2 Å². The van der Waals surface area contributed by atoms with Crippen LogP contribution in [0.3, 0.4) is 0 Å². The third-order valence-corrected chi connectivity index (χ3v) is 5.54. The van der Waals surface area contributed by atoms with Crippen LogP contribution in [0.5, 0.6) is 11.5 Å². The van der Waals surface area contributed by atoms with Crippen molar-refractivity contribution in [1.82, 2.24) is 10.2 Å². The summed E-state index contributed by atoms with van der Waals surface area (Å²) in [6, 6.07) is 4.33. The van der Waals surface area contributed by atoms with Crippen LogP contribution in [-0.4, -0.2) is 61.5 Å². The number of methoxy groups -OCH3 is 2. The van der Waals surface area contributed by atoms with E-state index in [4.69, 9.17) is 14.2 Å². The summed E-state index contributed by atoms with van der Waals surface area (Å²) < 4.78 is 15.3. The number of Topliss-reactive ketones (excluding diaryl/α,β-unsaturated/α-hetero) is 1. The standard InChI is InChI=1S/C21H26N2O7/c1-28-14-7-8-15(17(12-14)29-2)16(24)13-30-18(25)6-5-11-23-19(26)21(22-20(23)27)9-3-4-10-21/h7-8,12H,3-6,9-11,13H2,1-2H3,(H,22,27). The van der Waals surface area contributed by atoms with E-state index in [9.17, 15) is 19.2 Å². The molecular formula is C21H26N2O7. The minimum Gasteiger partial charge on any atom is -0.497 e. The fraction of sp³-hybridized carbons (Fsp3) is 0.524. The molecule has 1 saturated carbocycles. The van der Waals surface area contributed by atoms with E-state index in [0.717, 1.165) is 12.8 Å². The molecule has 2 fully saturated rings. The summed E-state index contributed by atoms with van der Waals surface area (Å²) in [5.41, 5.74) is -0.464. The highest BCUT2D eigenvalue weighted by Crippen LogP contribution is 2.35. The van der Waals surface area contributed by atoms with E-state index < -0.39 is 29.9 Å². The van der Waals surface area contributed by atoms with Gasteiger partial charge in [-0.15, -0.1) is 0 Å². The number of carbonyl (C=O) groups is 4. The molecule has 9 nitrogen and oxygen atoms in total. The molecule has 1 spiro atoms. The molecule has 9 heteroatoms. The molecule has 1 N–H and O–H groups in total. The minimum absolute atomic E-state index is 0.00289. The Hall–Kier alpha value is -3.10. The van der Waals surface area contributed by atoms with Crippen molar-refractivity contribution in [2.75, 3.05) is 27.4 Å². The molecule has 0 atom stereocenters. The van der Waals surface area contributed by atoms with E-state index >= 15 is 0 Å². The molecule has 0 aromatic heterocycles. The zero-order chi connectivity index (χ0) is 21.7. The molecule has 0 bridgehead atoms. The average molecular weight is 418 g/mol. The van der Waals surface area contributed by atoms with Gasteiger partial charge in [0.1, 0.15) is 17.0 Å². The SMILES string of the molecule is COc1ccc(C(=O)COC(=O)CCCN2C(=O)NC3(CCCC3)C2=O)c(OC)c1. The van der Waals surface area contributed by atoms with Gasteiger partial charge in [0.25, 0.3) is 5.91 Å². The van der Waals surface area contributed by atoms with Gasteiger partial charge in [-0.05, 0) is 31.4 Å². The number of ether oxygens (including phenoxy) is 3. The molecule has 30 heavy (non-hydrogen) atoms. The fourth-order valence-corrected chi connectivity index (χ4v) is 3.90. The Kier molecular flexibility index (Phi) is 6.59. The Morgan fingerprint density at radius 2 is 1.87 bits per heavy atom. The lowest BCUT2D eigenvalue weighted by Crippen LogP contribution is -2.44. The van der Waals surface area contributed by atoms with Gasteiger partial charge in [-0.2, -0.15) is 0 Å². The third-order valence-electron chi connectivity index (χ3n) is 5.54. The molecule has 3 rings (SSSR count). The number of nitrogens with one attached hydrogen (secondary N) is 1. The second-order valence-electron chi connectivity index (χ2n) is 7.43. The molecule has 0 unspecified atom stereocenters. The Morgan fingerprint density at radius 1 is 1.13 bits per heavy atom. The number of amides is 3. The average Bonchev–Trinajstić information content (AvgIpc) is 3.31. The van der Waals surface area contributed by atoms with Crippen molar-refractivity contribution in [3.8, 4) is 11.5 Å². The molecule has 1 heterocycles. The van der Waals surface area contributed by atoms with Crippen LogP contribution in [0, 0.1) is 0 Å². The largest absolute Gasteiger partial charge is 0.497 e. The Balaban J connectivity index is 1.45. The molecule has 1 aliphatic carbocycles. The van der Waals surface area contributed by atoms with Crippen LogP contribution in [0.1, 0.15) is 48.9 Å². The molecule has 1 aliphatic heterocycles. The van der Waals surface area contributed by atoms with Crippen LogP contribution >= 0.6 is 0 Å². The number of imide groups is 1. The number of benzene rings is 1. The van der Waals surface area contributed by atoms with E-state index in [1.165, 1.54) is 19.1 Å². The molecule has 3 amide bonds. The molecule has 2 aliphatic rings. The van der Waals surface area contributed by atoms with E-state index in [2.05, 4.69) is 5.32 Å². The number of esters is 1. The van der Waals surface area contributed by atoms with Gasteiger partial charge in [0.05, 0.1) is 19.8 Å². The number of hydrogen-bond acceptors (Lipinski definition) is 7. The highest BCUT2D eigenvalue weighted by molar-refractivity contribution is 6.07. The molecule has 1 aromatic carbocycles. The summed E-state index contributed by atoms with van der Waals surface area (Å²) in [4.78, 5) is 50.2. The maximum absolute atomic E-state index is 12.6. The number of rotatable bonds is 9. The first-order chi connectivity index (χ1) is 14.4. The minimum atomic E-state index is -0.749. The maximum atomic E-state index is 12.6. The van der Waals surface area contributed by atoms with E-state index in [-0.39, 0.29) is 30.9 Å². The lowest BCUT2D eigenvalue weighted by atomic mass is 9.98. The highest BCUT2D eigenvalue weighted by atomic mass is 16.5. The van der Waals surface area contributed by atoms with Crippen LogP contribution in [0.4, 0.5) is 4.79 Å². The molecule has 162 valence electrons. The van der Waals surface area contributed by atoms with E-state index in [1.807, 2.05) is 0 Å². The zero-order valence-electron chi connectivity index (χ0n) is 17.2. The van der Waals surface area contributed by atoms with Gasteiger partial charge < -0.3 is 19.5 Å². The number of hydrogen-bond donors (Lipinski definition) is 1. The predicted octanol–water partition coefficient (Wildman–Crippen LogP) is 2.07. The first kappa shape index (κ1) is 21.6. The second-order valence-corrected chi connectivity index (χ2v) is 7.43. The highest BCUT2D eigenvalue weighted by Gasteiger charge is 2.52. The van der Waals surface area contributed by atoms with Crippen molar-refractivity contribution < 1.29 is 33.4 Å². The lowest BCUT2D eigenvalue weighted by Gasteiger charge is -2.19. The number of carbonyl (C=O) groups excluding carboxylic acids is 4. The van der Waals surface area contributed by atoms with E-state index in [0.29, 0.717) is 24.3 Å². The van der Waals surface area contributed by atoms with Gasteiger partial charge in [-0.25, -0.2) is 4.79 Å². The van der Waals surface area contributed by atoms with Crippen LogP contribution in [-0.2, 0) is 14.3 Å². The summed E-state index contributed by atoms with van der Waals surface area (Å²) >= 11 is 0. The van der Waals surface area contributed by atoms with Crippen LogP contribution < -0.4 is 14.8 Å². The number of nitrogens with zero attached hydrogens (tertiary/aromatic N) is 1. The monoisotopic (exact) mass is 418 g/mol. The summed E-state index contributed by atoms with van der Waals surface area (Å²) in [5.74, 6) is -0.311. The third kappa shape index (κ3) is 4.39. The topological polar surface area (TPSA) is 111 Å². The quantitative estimate of drug-likeness (QED) is 0.371. The summed E-state index contributed by atoms with van der Waals surface area (Å²) in [6.45, 7) is -0.282. The fourth-order valence-electron chi connectivity index (χ4n) is 3.90. The van der Waals surface area contributed by atoms with Gasteiger partial charge in [0.2, 0.25) is 5.78 Å². The van der Waals surface area contributed by atoms with Gasteiger partial charge in [0.15, 0.2) is 6.61 Å². The lowest BCUT2D eigenvalue weighted by molar-refractivity contribution is -0.143. The predicted molar refractivity (Wildman–Crippen MR) is 106 cm³/mol. The smallest absolute Gasteiger partial charge is 0.325 e. The van der Waals surface area contributed by atoms with Crippen molar-refractivity contribution in [3.05, 3.63) is 23.8 Å². The van der Waals surface area contributed by atoms with Crippen molar-refractivity contribution in [1.29, 1.82) is 0 Å². The Labute approximate surface area is 174 Å². The van der Waals surface area contributed by atoms with Gasteiger partial charge in [0, 0.05) is 19.0 Å². The van der Waals surface area contributed by atoms with Gasteiger partial charge in [-0.1, -0.05) is 12.8 Å². The summed E-state index contributed by atoms with van der Waals surface area (Å²) in [7, 11) is 2.94. The van der Waals surface area contributed by atoms with Crippen LogP contribution in [0.25, 0.3) is 0 Å². The Bertz CT molecular complexity index is 846. The van der Waals surface area contributed by atoms with Crippen molar-refractivity contribution in [3.63, 3.8) is 0 Å². The maximum Gasteiger partial charge on any atom is 0.325 e. The molecule has 1 saturated heterocycles. The first-order valence-electron chi connectivity index (χ1n) is 9.95. The normalized spacial score (nSPS) is 17.2. The molecule has 1 aromatic rings.